The SMILES string of the molecule is Cl.O=C(N[C@H]1CN2CCC1CC2)c1cc(C(=O)c2ccccc2Br)n2ccccc12. The molecule has 6 rings (SSSR count). The van der Waals surface area contributed by atoms with Gasteiger partial charge in [-0.3, -0.25) is 9.59 Å². The number of fused-ring (bicyclic) bond motifs is 4. The van der Waals surface area contributed by atoms with Gasteiger partial charge in [-0.15, -0.1) is 12.4 Å². The lowest BCUT2D eigenvalue weighted by Crippen LogP contribution is -2.57. The monoisotopic (exact) mass is 487 g/mol. The van der Waals surface area contributed by atoms with E-state index in [1.807, 2.05) is 47.0 Å². The zero-order valence-electron chi connectivity index (χ0n) is 16.4. The van der Waals surface area contributed by atoms with Crippen molar-refractivity contribution in [1.29, 1.82) is 0 Å². The normalized spacial score (nSPS) is 22.5. The Morgan fingerprint density at radius 1 is 1.00 bits per heavy atom. The summed E-state index contributed by atoms with van der Waals surface area (Å²) in [4.78, 5) is 28.8. The van der Waals surface area contributed by atoms with Crippen molar-refractivity contribution in [2.24, 2.45) is 5.92 Å². The summed E-state index contributed by atoms with van der Waals surface area (Å²) in [5.74, 6) is 0.346. The number of amides is 1. The van der Waals surface area contributed by atoms with E-state index >= 15 is 0 Å². The molecule has 30 heavy (non-hydrogen) atoms. The van der Waals surface area contributed by atoms with E-state index in [0.717, 1.165) is 42.5 Å². The molecule has 1 aromatic carbocycles. The summed E-state index contributed by atoms with van der Waals surface area (Å²) in [7, 11) is 0. The molecule has 0 aliphatic carbocycles. The van der Waals surface area contributed by atoms with E-state index in [0.29, 0.717) is 22.7 Å². The highest BCUT2D eigenvalue weighted by Gasteiger charge is 2.35. The van der Waals surface area contributed by atoms with Crippen LogP contribution in [0.3, 0.4) is 0 Å². The van der Waals surface area contributed by atoms with Crippen molar-refractivity contribution in [2.45, 2.75) is 18.9 Å². The van der Waals surface area contributed by atoms with Crippen LogP contribution in [-0.4, -0.2) is 46.7 Å². The van der Waals surface area contributed by atoms with E-state index in [1.54, 1.807) is 12.1 Å². The molecular weight excluding hydrogens is 466 g/mol. The lowest BCUT2D eigenvalue weighted by Gasteiger charge is -2.44. The van der Waals surface area contributed by atoms with Crippen LogP contribution in [0, 0.1) is 5.92 Å². The number of rotatable bonds is 4. The van der Waals surface area contributed by atoms with Crippen molar-refractivity contribution in [2.75, 3.05) is 19.6 Å². The molecule has 7 heteroatoms. The number of halogens is 2. The van der Waals surface area contributed by atoms with Crippen LogP contribution in [-0.2, 0) is 0 Å². The van der Waals surface area contributed by atoms with Gasteiger partial charge in [-0.25, -0.2) is 0 Å². The lowest BCUT2D eigenvalue weighted by molar-refractivity contribution is 0.0621. The van der Waals surface area contributed by atoms with Crippen LogP contribution in [0.4, 0.5) is 0 Å². The van der Waals surface area contributed by atoms with Gasteiger partial charge in [0.1, 0.15) is 0 Å². The van der Waals surface area contributed by atoms with Crippen LogP contribution in [0.15, 0.2) is 59.2 Å². The third-order valence-corrected chi connectivity index (χ3v) is 6.94. The summed E-state index contributed by atoms with van der Waals surface area (Å²) in [6, 6.07) is 14.9. The van der Waals surface area contributed by atoms with Crippen molar-refractivity contribution >= 4 is 45.5 Å². The molecule has 3 aliphatic rings. The summed E-state index contributed by atoms with van der Waals surface area (Å²) in [5, 5.41) is 3.25. The highest BCUT2D eigenvalue weighted by molar-refractivity contribution is 9.10. The maximum atomic E-state index is 13.2. The van der Waals surface area contributed by atoms with Gasteiger partial charge in [0.25, 0.3) is 5.91 Å². The van der Waals surface area contributed by atoms with Gasteiger partial charge >= 0.3 is 0 Å². The molecule has 3 fully saturated rings. The Bertz CT molecular complexity index is 1100. The molecule has 3 aliphatic heterocycles. The van der Waals surface area contributed by atoms with E-state index in [4.69, 9.17) is 0 Å². The van der Waals surface area contributed by atoms with Gasteiger partial charge in [0.15, 0.2) is 0 Å². The first-order valence-electron chi connectivity index (χ1n) is 10.0. The Hall–Kier alpha value is -2.15. The number of hydrogen-bond acceptors (Lipinski definition) is 3. The molecule has 3 saturated heterocycles. The quantitative estimate of drug-likeness (QED) is 0.561. The fourth-order valence-electron chi connectivity index (χ4n) is 4.67. The Labute approximate surface area is 190 Å². The standard InChI is InChI=1S/C23H22BrN3O2.ClH/c24-18-6-2-1-5-16(18)22(28)21-13-17(20-7-3-4-10-27(20)21)23(29)25-19-14-26-11-8-15(19)9-12-26;/h1-7,10,13,15,19H,8-9,11-12,14H2,(H,25,29);1H/t19-;/m0./s1. The summed E-state index contributed by atoms with van der Waals surface area (Å²) in [6.45, 7) is 3.19. The van der Waals surface area contributed by atoms with Gasteiger partial charge in [-0.05, 0) is 62.2 Å². The van der Waals surface area contributed by atoms with E-state index in [1.165, 1.54) is 0 Å². The Kier molecular flexibility index (Phi) is 6.00. The molecule has 5 heterocycles. The first kappa shape index (κ1) is 21.1. The molecule has 3 aromatic rings. The second-order valence-electron chi connectivity index (χ2n) is 7.93. The molecule has 0 unspecified atom stereocenters. The fourth-order valence-corrected chi connectivity index (χ4v) is 5.13. The zero-order chi connectivity index (χ0) is 20.0. The minimum Gasteiger partial charge on any atom is -0.348 e. The van der Waals surface area contributed by atoms with Gasteiger partial charge < -0.3 is 14.6 Å². The smallest absolute Gasteiger partial charge is 0.253 e. The first-order chi connectivity index (χ1) is 14.1. The summed E-state index contributed by atoms with van der Waals surface area (Å²) >= 11 is 3.46. The number of nitrogens with zero attached hydrogens (tertiary/aromatic N) is 2. The van der Waals surface area contributed by atoms with Crippen molar-refractivity contribution in [3.63, 3.8) is 0 Å². The van der Waals surface area contributed by atoms with Gasteiger partial charge in [0.05, 0.1) is 16.8 Å². The summed E-state index contributed by atoms with van der Waals surface area (Å²) < 4.78 is 2.56. The number of ketones is 1. The van der Waals surface area contributed by atoms with Crippen molar-refractivity contribution < 1.29 is 9.59 Å². The van der Waals surface area contributed by atoms with Gasteiger partial charge in [0, 0.05) is 28.8 Å². The molecule has 1 N–H and O–H groups in total. The highest BCUT2D eigenvalue weighted by atomic mass is 79.9. The van der Waals surface area contributed by atoms with E-state index in [-0.39, 0.29) is 30.1 Å². The molecule has 0 radical (unpaired) electrons. The summed E-state index contributed by atoms with van der Waals surface area (Å²) in [5.41, 5.74) is 2.38. The predicted molar refractivity (Wildman–Crippen MR) is 123 cm³/mol. The van der Waals surface area contributed by atoms with Gasteiger partial charge in [-0.1, -0.05) is 34.1 Å². The average Bonchev–Trinajstić information content (AvgIpc) is 3.14. The zero-order valence-corrected chi connectivity index (χ0v) is 18.8. The van der Waals surface area contributed by atoms with Gasteiger partial charge in [-0.2, -0.15) is 0 Å². The van der Waals surface area contributed by atoms with Crippen molar-refractivity contribution in [3.05, 3.63) is 76.0 Å². The lowest BCUT2D eigenvalue weighted by atomic mass is 9.84. The minimum atomic E-state index is -0.111. The first-order valence-corrected chi connectivity index (χ1v) is 10.8. The molecule has 5 nitrogen and oxygen atoms in total. The molecule has 0 spiro atoms. The largest absolute Gasteiger partial charge is 0.348 e. The predicted octanol–water partition coefficient (Wildman–Crippen LogP) is 4.18. The van der Waals surface area contributed by atoms with Crippen LogP contribution in [0.1, 0.15) is 39.3 Å². The number of carbonyl (C=O) groups is 2. The van der Waals surface area contributed by atoms with Crippen LogP contribution < -0.4 is 5.32 Å². The average molecular weight is 489 g/mol. The molecule has 1 amide bonds. The molecule has 1 atom stereocenters. The number of benzene rings is 1. The maximum absolute atomic E-state index is 13.2. The molecular formula is C23H23BrClN3O2. The summed E-state index contributed by atoms with van der Waals surface area (Å²) in [6.07, 6.45) is 4.13. The third kappa shape index (κ3) is 3.68. The number of piperidine rings is 3. The Morgan fingerprint density at radius 2 is 1.73 bits per heavy atom. The van der Waals surface area contributed by atoms with E-state index in [2.05, 4.69) is 26.1 Å². The number of nitrogens with one attached hydrogen (secondary N) is 1. The van der Waals surface area contributed by atoms with Crippen LogP contribution in [0.2, 0.25) is 0 Å². The van der Waals surface area contributed by atoms with Crippen LogP contribution in [0.25, 0.3) is 5.52 Å². The number of carbonyl (C=O) groups excluding carboxylic acids is 2. The van der Waals surface area contributed by atoms with E-state index in [9.17, 15) is 9.59 Å². The van der Waals surface area contributed by atoms with Crippen LogP contribution in [0.5, 0.6) is 0 Å². The number of hydrogen-bond donors (Lipinski definition) is 1. The van der Waals surface area contributed by atoms with Crippen LogP contribution >= 0.6 is 28.3 Å². The van der Waals surface area contributed by atoms with Crippen molar-refractivity contribution in [1.82, 2.24) is 14.6 Å². The molecule has 2 aromatic heterocycles. The van der Waals surface area contributed by atoms with E-state index < -0.39 is 0 Å². The maximum Gasteiger partial charge on any atom is 0.253 e. The fraction of sp³-hybridized carbons (Fsp3) is 0.304. The second kappa shape index (κ2) is 8.53. The topological polar surface area (TPSA) is 53.8 Å². The Balaban J connectivity index is 0.00000218. The third-order valence-electron chi connectivity index (χ3n) is 6.24. The van der Waals surface area contributed by atoms with Gasteiger partial charge in [0.2, 0.25) is 5.78 Å². The highest BCUT2D eigenvalue weighted by Crippen LogP contribution is 2.28. The molecule has 2 bridgehead atoms. The number of pyridine rings is 1. The minimum absolute atomic E-state index is 0. The molecule has 156 valence electrons. The molecule has 0 saturated carbocycles. The second-order valence-corrected chi connectivity index (χ2v) is 8.78. The Morgan fingerprint density at radius 3 is 2.43 bits per heavy atom. The number of aromatic nitrogens is 1. The van der Waals surface area contributed by atoms with Crippen molar-refractivity contribution in [3.8, 4) is 0 Å².